The number of halogens is 2. The van der Waals surface area contributed by atoms with Gasteiger partial charge < -0.3 is 9.84 Å². The Hall–Kier alpha value is -0.670. The van der Waals surface area contributed by atoms with E-state index in [2.05, 4.69) is 9.73 Å². The summed E-state index contributed by atoms with van der Waals surface area (Å²) in [6.45, 7) is 0. The van der Waals surface area contributed by atoms with Crippen LogP contribution in [0.4, 0.5) is 0 Å². The lowest BCUT2D eigenvalue weighted by Gasteiger charge is -1.89. The van der Waals surface area contributed by atoms with Crippen LogP contribution < -0.4 is 0 Å². The molecule has 0 spiro atoms. The number of rotatable bonds is 0. The molecule has 0 radical (unpaired) electrons. The molecular weight excluding hydrogens is 177 g/mol. The highest BCUT2D eigenvalue weighted by atomic mass is 35.5. The van der Waals surface area contributed by atoms with Crippen LogP contribution in [0.5, 0.6) is 0 Å². The standard InChI is InChI=1S/C5H5NO2.2ClH/c7-5-2-1-3-6-4-8-5;;/h1-4,7H;2*1H. The maximum Gasteiger partial charge on any atom is 0.283 e. The molecule has 1 rings (SSSR count). The quantitative estimate of drug-likeness (QED) is 0.623. The third-order valence-electron chi connectivity index (χ3n) is 0.645. The normalized spacial score (nSPS) is 13.4. The van der Waals surface area contributed by atoms with Crippen LogP contribution in [-0.4, -0.2) is 11.5 Å². The Kier molecular flexibility index (Phi) is 7.77. The average molecular weight is 184 g/mol. The van der Waals surface area contributed by atoms with E-state index in [1.54, 1.807) is 6.08 Å². The summed E-state index contributed by atoms with van der Waals surface area (Å²) < 4.78 is 4.47. The van der Waals surface area contributed by atoms with Crippen molar-refractivity contribution in [1.29, 1.82) is 0 Å². The second-order valence-electron chi connectivity index (χ2n) is 1.22. The van der Waals surface area contributed by atoms with Gasteiger partial charge in [-0.3, -0.25) is 0 Å². The molecule has 0 amide bonds. The van der Waals surface area contributed by atoms with Gasteiger partial charge in [-0.2, -0.15) is 0 Å². The van der Waals surface area contributed by atoms with Crippen molar-refractivity contribution in [3.05, 3.63) is 24.3 Å². The zero-order valence-corrected chi connectivity index (χ0v) is 6.56. The highest BCUT2D eigenvalue weighted by molar-refractivity contribution is 5.85. The molecule has 0 aromatic carbocycles. The summed E-state index contributed by atoms with van der Waals surface area (Å²) in [5.74, 6) is -0.137. The first-order valence-electron chi connectivity index (χ1n) is 2.14. The largest absolute Gasteiger partial charge is 0.481 e. The van der Waals surface area contributed by atoms with Crippen molar-refractivity contribution in [1.82, 2.24) is 0 Å². The first-order valence-corrected chi connectivity index (χ1v) is 2.14. The number of aliphatic hydroxyl groups excluding tert-OH is 1. The summed E-state index contributed by atoms with van der Waals surface area (Å²) in [4.78, 5) is 3.58. The molecule has 0 bridgehead atoms. The van der Waals surface area contributed by atoms with Gasteiger partial charge in [-0.05, 0) is 6.08 Å². The van der Waals surface area contributed by atoms with Crippen LogP contribution >= 0.6 is 24.8 Å². The predicted octanol–water partition coefficient (Wildman–Crippen LogP) is 1.80. The van der Waals surface area contributed by atoms with Crippen LogP contribution in [0.1, 0.15) is 0 Å². The first kappa shape index (κ1) is 12.0. The van der Waals surface area contributed by atoms with E-state index in [4.69, 9.17) is 5.11 Å². The molecule has 1 aliphatic rings. The van der Waals surface area contributed by atoms with Crippen LogP contribution in [0, 0.1) is 0 Å². The Bertz CT molecular complexity index is 165. The Morgan fingerprint density at radius 2 is 2.10 bits per heavy atom. The van der Waals surface area contributed by atoms with E-state index in [0.29, 0.717) is 0 Å². The van der Waals surface area contributed by atoms with Gasteiger partial charge in [0, 0.05) is 12.3 Å². The zero-order chi connectivity index (χ0) is 5.82. The summed E-state index contributed by atoms with van der Waals surface area (Å²) in [6.07, 6.45) is 5.67. The summed E-state index contributed by atoms with van der Waals surface area (Å²) in [5, 5.41) is 8.59. The van der Waals surface area contributed by atoms with E-state index < -0.39 is 0 Å². The van der Waals surface area contributed by atoms with Crippen molar-refractivity contribution < 1.29 is 9.84 Å². The second kappa shape index (κ2) is 6.45. The molecule has 0 fully saturated rings. The molecular formula is C5H7Cl2NO2. The van der Waals surface area contributed by atoms with Crippen molar-refractivity contribution in [2.75, 3.05) is 0 Å². The SMILES string of the molecule is Cl.Cl.OC1=CC=CN=CO1. The number of nitrogens with zero attached hydrogens (tertiary/aromatic N) is 1. The van der Waals surface area contributed by atoms with Crippen LogP contribution in [0.15, 0.2) is 29.3 Å². The van der Waals surface area contributed by atoms with Crippen molar-refractivity contribution in [2.45, 2.75) is 0 Å². The third-order valence-corrected chi connectivity index (χ3v) is 0.645. The Morgan fingerprint density at radius 1 is 1.40 bits per heavy atom. The third kappa shape index (κ3) is 4.23. The summed E-state index contributed by atoms with van der Waals surface area (Å²) in [6, 6.07) is 0. The molecule has 0 saturated heterocycles. The van der Waals surface area contributed by atoms with Gasteiger partial charge in [0.2, 0.25) is 0 Å². The molecule has 3 nitrogen and oxygen atoms in total. The topological polar surface area (TPSA) is 41.8 Å². The molecule has 1 aliphatic heterocycles. The van der Waals surface area contributed by atoms with Gasteiger partial charge in [0.05, 0.1) is 0 Å². The first-order chi connectivity index (χ1) is 3.89. The van der Waals surface area contributed by atoms with Crippen LogP contribution in [0.3, 0.4) is 0 Å². The smallest absolute Gasteiger partial charge is 0.283 e. The number of ether oxygens (including phenoxy) is 1. The lowest BCUT2D eigenvalue weighted by atomic mass is 10.6. The molecule has 0 saturated carbocycles. The molecule has 10 heavy (non-hydrogen) atoms. The lowest BCUT2D eigenvalue weighted by Crippen LogP contribution is -1.83. The number of allylic oxidation sites excluding steroid dienone is 2. The summed E-state index contributed by atoms with van der Waals surface area (Å²) in [5.41, 5.74) is 0. The molecule has 0 aromatic heterocycles. The van der Waals surface area contributed by atoms with Gasteiger partial charge in [-0.1, -0.05) is 0 Å². The summed E-state index contributed by atoms with van der Waals surface area (Å²) in [7, 11) is 0. The molecule has 5 heteroatoms. The van der Waals surface area contributed by atoms with E-state index in [-0.39, 0.29) is 30.8 Å². The van der Waals surface area contributed by atoms with Gasteiger partial charge in [0.15, 0.2) is 6.40 Å². The van der Waals surface area contributed by atoms with E-state index >= 15 is 0 Å². The maximum absolute atomic E-state index is 8.59. The van der Waals surface area contributed by atoms with Crippen molar-refractivity contribution in [2.24, 2.45) is 4.99 Å². The zero-order valence-electron chi connectivity index (χ0n) is 4.93. The van der Waals surface area contributed by atoms with E-state index in [1.165, 1.54) is 12.3 Å². The average Bonchev–Trinajstić information content (AvgIpc) is 1.94. The van der Waals surface area contributed by atoms with Crippen LogP contribution in [0.25, 0.3) is 0 Å². The molecule has 0 unspecified atom stereocenters. The summed E-state index contributed by atoms with van der Waals surface area (Å²) >= 11 is 0. The van der Waals surface area contributed by atoms with E-state index in [0.717, 1.165) is 6.40 Å². The Labute approximate surface area is 70.9 Å². The fourth-order valence-electron chi connectivity index (χ4n) is 0.334. The fourth-order valence-corrected chi connectivity index (χ4v) is 0.334. The van der Waals surface area contributed by atoms with E-state index in [1.807, 2.05) is 0 Å². The van der Waals surface area contributed by atoms with Crippen LogP contribution in [-0.2, 0) is 4.74 Å². The molecule has 0 aromatic rings. The van der Waals surface area contributed by atoms with Gasteiger partial charge in [0.25, 0.3) is 5.95 Å². The highest BCUT2D eigenvalue weighted by Gasteiger charge is 1.87. The number of aliphatic hydroxyl groups is 1. The number of hydrogen-bond donors (Lipinski definition) is 1. The molecule has 0 atom stereocenters. The fraction of sp³-hybridized carbons (Fsp3) is 0. The Morgan fingerprint density at radius 3 is 2.80 bits per heavy atom. The molecule has 0 aliphatic carbocycles. The van der Waals surface area contributed by atoms with Crippen molar-refractivity contribution in [3.8, 4) is 0 Å². The lowest BCUT2D eigenvalue weighted by molar-refractivity contribution is 0.208. The molecule has 1 N–H and O–H groups in total. The highest BCUT2D eigenvalue weighted by Crippen LogP contribution is 1.93. The van der Waals surface area contributed by atoms with Gasteiger partial charge in [-0.25, -0.2) is 4.99 Å². The van der Waals surface area contributed by atoms with Crippen molar-refractivity contribution >= 4 is 31.2 Å². The number of hydrogen-bond acceptors (Lipinski definition) is 3. The van der Waals surface area contributed by atoms with Gasteiger partial charge in [-0.15, -0.1) is 24.8 Å². The number of aliphatic imine (C=N–C) groups is 1. The Balaban J connectivity index is 0. The van der Waals surface area contributed by atoms with E-state index in [9.17, 15) is 0 Å². The van der Waals surface area contributed by atoms with Gasteiger partial charge >= 0.3 is 0 Å². The molecule has 1 heterocycles. The minimum atomic E-state index is -0.137. The minimum absolute atomic E-state index is 0. The monoisotopic (exact) mass is 183 g/mol. The van der Waals surface area contributed by atoms with Crippen LogP contribution in [0.2, 0.25) is 0 Å². The second-order valence-corrected chi connectivity index (χ2v) is 1.22. The predicted molar refractivity (Wildman–Crippen MR) is 43.9 cm³/mol. The molecule has 58 valence electrons. The van der Waals surface area contributed by atoms with Crippen molar-refractivity contribution in [3.63, 3.8) is 0 Å². The van der Waals surface area contributed by atoms with Gasteiger partial charge in [0.1, 0.15) is 0 Å². The minimum Gasteiger partial charge on any atom is -0.481 e. The maximum atomic E-state index is 8.59.